The van der Waals surface area contributed by atoms with E-state index < -0.39 is 5.41 Å². The molecule has 3 aromatic rings. The van der Waals surface area contributed by atoms with Crippen LogP contribution in [0.4, 0.5) is 5.82 Å². The van der Waals surface area contributed by atoms with Crippen molar-refractivity contribution in [2.45, 2.75) is 40.4 Å². The van der Waals surface area contributed by atoms with Crippen LogP contribution < -0.4 is 5.32 Å². The van der Waals surface area contributed by atoms with Gasteiger partial charge in [0.25, 0.3) is 0 Å². The number of hydrogen-bond acceptors (Lipinski definition) is 5. The first-order chi connectivity index (χ1) is 13.6. The van der Waals surface area contributed by atoms with E-state index in [-0.39, 0.29) is 5.91 Å². The average molecular weight is 399 g/mol. The summed E-state index contributed by atoms with van der Waals surface area (Å²) in [5, 5.41) is 2.90. The van der Waals surface area contributed by atoms with E-state index in [0.29, 0.717) is 25.5 Å². The largest absolute Gasteiger partial charge is 0.337 e. The van der Waals surface area contributed by atoms with E-state index >= 15 is 0 Å². The molecule has 1 N–H and O–H groups in total. The smallest absolute Gasteiger partial charge is 0.230 e. The molecular formula is C20H30N8O. The molecule has 0 spiro atoms. The van der Waals surface area contributed by atoms with Crippen LogP contribution in [0.5, 0.6) is 0 Å². The maximum atomic E-state index is 12.3. The van der Waals surface area contributed by atoms with E-state index in [1.165, 1.54) is 0 Å². The fourth-order valence-corrected chi connectivity index (χ4v) is 2.88. The molecule has 156 valence electrons. The minimum absolute atomic E-state index is 0.0555. The number of carbonyl (C=O) groups excluding carboxylic acids is 1. The van der Waals surface area contributed by atoms with E-state index in [9.17, 15) is 4.79 Å². The van der Waals surface area contributed by atoms with Crippen molar-refractivity contribution in [1.29, 1.82) is 0 Å². The van der Waals surface area contributed by atoms with Gasteiger partial charge in [-0.1, -0.05) is 20.8 Å². The van der Waals surface area contributed by atoms with Crippen LogP contribution >= 0.6 is 0 Å². The normalized spacial score (nSPS) is 12.0. The molecule has 3 aromatic heterocycles. The number of nitrogens with one attached hydrogen (secondary N) is 1. The second-order valence-corrected chi connectivity index (χ2v) is 8.41. The third-order valence-corrected chi connectivity index (χ3v) is 4.83. The number of anilines is 1. The van der Waals surface area contributed by atoms with Gasteiger partial charge in [0, 0.05) is 57.5 Å². The summed E-state index contributed by atoms with van der Waals surface area (Å²) >= 11 is 0. The number of carbonyl (C=O) groups is 1. The van der Waals surface area contributed by atoms with Crippen LogP contribution in [0.1, 0.15) is 38.2 Å². The molecule has 0 atom stereocenters. The number of amides is 1. The second-order valence-electron chi connectivity index (χ2n) is 8.41. The molecule has 0 aliphatic rings. The zero-order valence-corrected chi connectivity index (χ0v) is 18.0. The summed E-state index contributed by atoms with van der Waals surface area (Å²) in [7, 11) is 5.92. The number of aryl methyl sites for hydroxylation is 3. The zero-order valence-electron chi connectivity index (χ0n) is 18.0. The quantitative estimate of drug-likeness (QED) is 0.659. The average Bonchev–Trinajstić information content (AvgIpc) is 3.30. The lowest BCUT2D eigenvalue weighted by molar-refractivity contribution is -0.123. The van der Waals surface area contributed by atoms with Crippen molar-refractivity contribution in [3.63, 3.8) is 0 Å². The summed E-state index contributed by atoms with van der Waals surface area (Å²) in [5.74, 6) is 3.30. The van der Waals surface area contributed by atoms with Gasteiger partial charge in [-0.15, -0.1) is 0 Å². The van der Waals surface area contributed by atoms with Crippen LogP contribution in [0.3, 0.4) is 0 Å². The first-order valence-electron chi connectivity index (χ1n) is 9.62. The van der Waals surface area contributed by atoms with Crippen molar-refractivity contribution < 1.29 is 4.79 Å². The van der Waals surface area contributed by atoms with Crippen LogP contribution in [0.15, 0.2) is 31.0 Å². The van der Waals surface area contributed by atoms with Gasteiger partial charge < -0.3 is 19.0 Å². The SMILES string of the molecule is Cn1ccnc1CN(Cc1nccn1C)Cc1nc(NC(=O)C(C)(C)C)cn1C. The van der Waals surface area contributed by atoms with Crippen molar-refractivity contribution in [1.82, 2.24) is 33.6 Å². The molecule has 1 amide bonds. The van der Waals surface area contributed by atoms with Crippen molar-refractivity contribution in [3.8, 4) is 0 Å². The number of aromatic nitrogens is 6. The summed E-state index contributed by atoms with van der Waals surface area (Å²) in [4.78, 5) is 28.1. The standard InChI is InChI=1S/C20H30N8O/c1-20(2,3)19(29)24-15-11-27(6)18(23-15)14-28(12-16-21-7-9-25(16)4)13-17-22-8-10-26(17)5/h7-11H,12-14H2,1-6H3,(H,24,29). The lowest BCUT2D eigenvalue weighted by Gasteiger charge is -2.21. The van der Waals surface area contributed by atoms with Gasteiger partial charge in [-0.3, -0.25) is 9.69 Å². The molecule has 9 nitrogen and oxygen atoms in total. The fraction of sp³-hybridized carbons (Fsp3) is 0.500. The Balaban J connectivity index is 1.79. The Kier molecular flexibility index (Phi) is 5.88. The van der Waals surface area contributed by atoms with Crippen molar-refractivity contribution in [2.75, 3.05) is 5.32 Å². The maximum absolute atomic E-state index is 12.3. The van der Waals surface area contributed by atoms with E-state index in [0.717, 1.165) is 17.5 Å². The summed E-state index contributed by atoms with van der Waals surface area (Å²) < 4.78 is 5.97. The predicted molar refractivity (Wildman–Crippen MR) is 111 cm³/mol. The topological polar surface area (TPSA) is 85.8 Å². The minimum atomic E-state index is -0.472. The van der Waals surface area contributed by atoms with Crippen molar-refractivity contribution in [2.24, 2.45) is 26.6 Å². The molecule has 0 bridgehead atoms. The van der Waals surface area contributed by atoms with Crippen LogP contribution in [-0.2, 0) is 45.6 Å². The van der Waals surface area contributed by atoms with Crippen LogP contribution in [0, 0.1) is 5.41 Å². The molecule has 29 heavy (non-hydrogen) atoms. The molecule has 0 aromatic carbocycles. The van der Waals surface area contributed by atoms with Gasteiger partial charge in [0.05, 0.1) is 19.6 Å². The fourth-order valence-electron chi connectivity index (χ4n) is 2.88. The van der Waals surface area contributed by atoms with Crippen molar-refractivity contribution >= 4 is 11.7 Å². The highest BCUT2D eigenvalue weighted by Crippen LogP contribution is 2.18. The molecule has 3 rings (SSSR count). The molecule has 0 fully saturated rings. The number of rotatable bonds is 7. The highest BCUT2D eigenvalue weighted by atomic mass is 16.2. The molecule has 0 radical (unpaired) electrons. The molecule has 0 saturated carbocycles. The highest BCUT2D eigenvalue weighted by Gasteiger charge is 2.23. The van der Waals surface area contributed by atoms with E-state index in [2.05, 4.69) is 25.2 Å². The van der Waals surface area contributed by atoms with Gasteiger partial charge in [0.15, 0.2) is 5.82 Å². The van der Waals surface area contributed by atoms with Gasteiger partial charge in [0.2, 0.25) is 5.91 Å². The minimum Gasteiger partial charge on any atom is -0.337 e. The van der Waals surface area contributed by atoms with Gasteiger partial charge in [-0.2, -0.15) is 0 Å². The van der Waals surface area contributed by atoms with Crippen LogP contribution in [0.2, 0.25) is 0 Å². The van der Waals surface area contributed by atoms with Crippen molar-refractivity contribution in [3.05, 3.63) is 48.5 Å². The summed E-state index contributed by atoms with van der Waals surface area (Å²) in [6.45, 7) is 7.57. The Morgan fingerprint density at radius 1 is 0.931 bits per heavy atom. The Labute approximate surface area is 171 Å². The Bertz CT molecular complexity index is 933. The van der Waals surface area contributed by atoms with Gasteiger partial charge in [-0.05, 0) is 0 Å². The summed E-state index contributed by atoms with van der Waals surface area (Å²) in [6.07, 6.45) is 9.33. The lowest BCUT2D eigenvalue weighted by atomic mass is 9.96. The van der Waals surface area contributed by atoms with Gasteiger partial charge in [0.1, 0.15) is 17.5 Å². The first-order valence-corrected chi connectivity index (χ1v) is 9.62. The van der Waals surface area contributed by atoms with Gasteiger partial charge in [-0.25, -0.2) is 15.0 Å². The van der Waals surface area contributed by atoms with E-state index in [1.54, 1.807) is 12.4 Å². The molecule has 0 saturated heterocycles. The Morgan fingerprint density at radius 3 is 1.90 bits per heavy atom. The van der Waals surface area contributed by atoms with Crippen LogP contribution in [0.25, 0.3) is 0 Å². The van der Waals surface area contributed by atoms with Gasteiger partial charge >= 0.3 is 0 Å². The first kappa shape index (κ1) is 20.8. The molecule has 0 unspecified atom stereocenters. The van der Waals surface area contributed by atoms with E-state index in [1.807, 2.05) is 74.2 Å². The molecule has 0 aliphatic heterocycles. The third kappa shape index (κ3) is 5.11. The monoisotopic (exact) mass is 398 g/mol. The molecule has 3 heterocycles. The lowest BCUT2D eigenvalue weighted by Crippen LogP contribution is -2.28. The Hall–Kier alpha value is -2.94. The highest BCUT2D eigenvalue weighted by molar-refractivity contribution is 5.93. The number of imidazole rings is 3. The number of nitrogens with zero attached hydrogens (tertiary/aromatic N) is 7. The molecular weight excluding hydrogens is 368 g/mol. The third-order valence-electron chi connectivity index (χ3n) is 4.83. The zero-order chi connectivity index (χ0) is 21.2. The maximum Gasteiger partial charge on any atom is 0.230 e. The Morgan fingerprint density at radius 2 is 1.45 bits per heavy atom. The second kappa shape index (κ2) is 8.20. The predicted octanol–water partition coefficient (Wildman–Crippen LogP) is 2.07. The summed E-state index contributed by atoms with van der Waals surface area (Å²) in [5.41, 5.74) is -0.472. The number of hydrogen-bond donors (Lipinski definition) is 1. The summed E-state index contributed by atoms with van der Waals surface area (Å²) in [6, 6.07) is 0. The molecule has 0 aliphatic carbocycles. The molecule has 9 heteroatoms. The van der Waals surface area contributed by atoms with E-state index in [4.69, 9.17) is 0 Å². The van der Waals surface area contributed by atoms with Crippen LogP contribution in [-0.4, -0.2) is 39.5 Å².